The summed E-state index contributed by atoms with van der Waals surface area (Å²) in [5, 5.41) is 0. The zero-order valence-electron chi connectivity index (χ0n) is 10.9. The van der Waals surface area contributed by atoms with Gasteiger partial charge in [0.15, 0.2) is 0 Å². The highest BCUT2D eigenvalue weighted by Gasteiger charge is 2.17. The number of benzene rings is 1. The molecule has 0 saturated heterocycles. The molecule has 0 aliphatic rings. The number of nitrogens with zero attached hydrogens (tertiary/aromatic N) is 1. The Labute approximate surface area is 112 Å². The van der Waals surface area contributed by atoms with Gasteiger partial charge in [0.1, 0.15) is 5.82 Å². The molecule has 7 heteroatoms. The van der Waals surface area contributed by atoms with E-state index in [-0.39, 0.29) is 17.3 Å². The summed E-state index contributed by atoms with van der Waals surface area (Å²) in [6.45, 7) is 4.31. The molecule has 1 N–H and O–H groups in total. The van der Waals surface area contributed by atoms with Crippen LogP contribution in [0.15, 0.2) is 29.2 Å². The van der Waals surface area contributed by atoms with Crippen LogP contribution in [0.25, 0.3) is 0 Å². The Bertz CT molecular complexity index is 542. The molecule has 0 aliphatic heterocycles. The van der Waals surface area contributed by atoms with Gasteiger partial charge in [-0.05, 0) is 32.0 Å². The Hall–Kier alpha value is -1.47. The number of hydrogen-bond donors (Lipinski definition) is 1. The topological polar surface area (TPSA) is 66.5 Å². The number of sulfonamides is 1. The molecule has 0 bridgehead atoms. The number of rotatable bonds is 6. The smallest absolute Gasteiger partial charge is 0.241 e. The number of nitrogens with one attached hydrogen (secondary N) is 1. The van der Waals surface area contributed by atoms with Gasteiger partial charge in [-0.25, -0.2) is 17.5 Å². The number of amides is 1. The van der Waals surface area contributed by atoms with Crippen LogP contribution in [0.1, 0.15) is 13.8 Å². The summed E-state index contributed by atoms with van der Waals surface area (Å²) in [7, 11) is -3.87. The summed E-state index contributed by atoms with van der Waals surface area (Å²) in [6.07, 6.45) is 0. The standard InChI is InChI=1S/C12H17FN2O3S/c1-3-15(4-2)12(16)9-14-19(17,18)11-7-5-6-10(13)8-11/h5-8,14H,3-4,9H2,1-2H3. The van der Waals surface area contributed by atoms with E-state index >= 15 is 0 Å². The van der Waals surface area contributed by atoms with Gasteiger partial charge >= 0.3 is 0 Å². The number of carbonyl (C=O) groups is 1. The molecule has 1 rings (SSSR count). The van der Waals surface area contributed by atoms with E-state index in [1.807, 2.05) is 13.8 Å². The lowest BCUT2D eigenvalue weighted by molar-refractivity contribution is -0.129. The van der Waals surface area contributed by atoms with Gasteiger partial charge in [-0.15, -0.1) is 0 Å². The van der Waals surface area contributed by atoms with Crippen LogP contribution in [0.4, 0.5) is 4.39 Å². The molecule has 5 nitrogen and oxygen atoms in total. The van der Waals surface area contributed by atoms with Crippen LogP contribution in [0.5, 0.6) is 0 Å². The van der Waals surface area contributed by atoms with E-state index < -0.39 is 15.8 Å². The number of carbonyl (C=O) groups excluding carboxylic acids is 1. The van der Waals surface area contributed by atoms with Crippen molar-refractivity contribution in [3.05, 3.63) is 30.1 Å². The van der Waals surface area contributed by atoms with E-state index in [9.17, 15) is 17.6 Å². The van der Waals surface area contributed by atoms with Crippen LogP contribution in [-0.4, -0.2) is 38.9 Å². The fraction of sp³-hybridized carbons (Fsp3) is 0.417. The molecule has 0 fully saturated rings. The molecule has 106 valence electrons. The Morgan fingerprint density at radius 2 is 1.95 bits per heavy atom. The third-order valence-corrected chi connectivity index (χ3v) is 4.03. The molecule has 1 aromatic carbocycles. The second-order valence-electron chi connectivity index (χ2n) is 3.85. The predicted octanol–water partition coefficient (Wildman–Crippen LogP) is 0.972. The number of likely N-dealkylation sites (N-methyl/N-ethyl adjacent to an activating group) is 1. The van der Waals surface area contributed by atoms with E-state index in [2.05, 4.69) is 4.72 Å². The minimum absolute atomic E-state index is 0.195. The summed E-state index contributed by atoms with van der Waals surface area (Å²) in [4.78, 5) is 13.0. The van der Waals surface area contributed by atoms with Gasteiger partial charge in [0, 0.05) is 13.1 Å². The SMILES string of the molecule is CCN(CC)C(=O)CNS(=O)(=O)c1cccc(F)c1. The van der Waals surface area contributed by atoms with Crippen LogP contribution in [0.3, 0.4) is 0 Å². The lowest BCUT2D eigenvalue weighted by Crippen LogP contribution is -2.39. The summed E-state index contributed by atoms with van der Waals surface area (Å²) in [5.74, 6) is -0.956. The Morgan fingerprint density at radius 3 is 2.47 bits per heavy atom. The van der Waals surface area contributed by atoms with Gasteiger partial charge < -0.3 is 4.90 Å². The van der Waals surface area contributed by atoms with Gasteiger partial charge in [0.05, 0.1) is 11.4 Å². The van der Waals surface area contributed by atoms with Crippen LogP contribution in [-0.2, 0) is 14.8 Å². The van der Waals surface area contributed by atoms with E-state index in [4.69, 9.17) is 0 Å². The van der Waals surface area contributed by atoms with Crippen molar-refractivity contribution in [1.29, 1.82) is 0 Å². The van der Waals surface area contributed by atoms with Crippen LogP contribution in [0.2, 0.25) is 0 Å². The van der Waals surface area contributed by atoms with Crippen molar-refractivity contribution >= 4 is 15.9 Å². The van der Waals surface area contributed by atoms with Crippen molar-refractivity contribution in [2.24, 2.45) is 0 Å². The minimum Gasteiger partial charge on any atom is -0.342 e. The van der Waals surface area contributed by atoms with Gasteiger partial charge in [-0.3, -0.25) is 4.79 Å². The van der Waals surface area contributed by atoms with E-state index in [0.717, 1.165) is 12.1 Å². The molecule has 19 heavy (non-hydrogen) atoms. The molecule has 0 saturated carbocycles. The fourth-order valence-corrected chi connectivity index (χ4v) is 2.57. The van der Waals surface area contributed by atoms with E-state index in [0.29, 0.717) is 13.1 Å². The summed E-state index contributed by atoms with van der Waals surface area (Å²) < 4.78 is 38.8. The quantitative estimate of drug-likeness (QED) is 0.848. The van der Waals surface area contributed by atoms with Gasteiger partial charge in [-0.2, -0.15) is 0 Å². The summed E-state index contributed by atoms with van der Waals surface area (Å²) >= 11 is 0. The predicted molar refractivity (Wildman–Crippen MR) is 69.5 cm³/mol. The molecule has 0 spiro atoms. The fourth-order valence-electron chi connectivity index (χ4n) is 1.56. The Kier molecular flexibility index (Phi) is 5.44. The molecule has 0 aromatic heterocycles. The summed E-state index contributed by atoms with van der Waals surface area (Å²) in [5.41, 5.74) is 0. The third kappa shape index (κ3) is 4.29. The highest BCUT2D eigenvalue weighted by molar-refractivity contribution is 7.89. The summed E-state index contributed by atoms with van der Waals surface area (Å²) in [6, 6.07) is 4.63. The minimum atomic E-state index is -3.87. The molecule has 1 amide bonds. The molecule has 0 atom stereocenters. The van der Waals surface area contributed by atoms with Crippen molar-refractivity contribution in [1.82, 2.24) is 9.62 Å². The Morgan fingerprint density at radius 1 is 1.32 bits per heavy atom. The normalized spacial score (nSPS) is 11.3. The molecular weight excluding hydrogens is 271 g/mol. The highest BCUT2D eigenvalue weighted by atomic mass is 32.2. The zero-order valence-corrected chi connectivity index (χ0v) is 11.7. The average molecular weight is 288 g/mol. The maximum absolute atomic E-state index is 13.0. The van der Waals surface area contributed by atoms with Crippen molar-refractivity contribution in [2.45, 2.75) is 18.7 Å². The van der Waals surface area contributed by atoms with Gasteiger partial charge in [0.25, 0.3) is 0 Å². The number of halogens is 1. The van der Waals surface area contributed by atoms with E-state index in [1.165, 1.54) is 17.0 Å². The maximum atomic E-state index is 13.0. The first-order valence-electron chi connectivity index (χ1n) is 5.93. The molecular formula is C12H17FN2O3S. The maximum Gasteiger partial charge on any atom is 0.241 e. The average Bonchev–Trinajstić information content (AvgIpc) is 2.38. The molecule has 0 unspecified atom stereocenters. The first-order valence-corrected chi connectivity index (χ1v) is 7.42. The molecule has 0 aliphatic carbocycles. The molecule has 0 radical (unpaired) electrons. The monoisotopic (exact) mass is 288 g/mol. The van der Waals surface area contributed by atoms with E-state index in [1.54, 1.807) is 0 Å². The van der Waals surface area contributed by atoms with Gasteiger partial charge in [-0.1, -0.05) is 6.07 Å². The van der Waals surface area contributed by atoms with Crippen LogP contribution in [0, 0.1) is 5.82 Å². The second kappa shape index (κ2) is 6.63. The first kappa shape index (κ1) is 15.6. The van der Waals surface area contributed by atoms with Crippen LogP contribution < -0.4 is 4.72 Å². The van der Waals surface area contributed by atoms with Crippen molar-refractivity contribution in [3.63, 3.8) is 0 Å². The Balaban J connectivity index is 2.74. The molecule has 1 aromatic rings. The largest absolute Gasteiger partial charge is 0.342 e. The van der Waals surface area contributed by atoms with Crippen molar-refractivity contribution in [2.75, 3.05) is 19.6 Å². The van der Waals surface area contributed by atoms with Crippen molar-refractivity contribution in [3.8, 4) is 0 Å². The lowest BCUT2D eigenvalue weighted by atomic mass is 10.4. The first-order chi connectivity index (χ1) is 8.90. The van der Waals surface area contributed by atoms with Crippen molar-refractivity contribution < 1.29 is 17.6 Å². The zero-order chi connectivity index (χ0) is 14.5. The lowest BCUT2D eigenvalue weighted by Gasteiger charge is -2.18. The van der Waals surface area contributed by atoms with Gasteiger partial charge in [0.2, 0.25) is 15.9 Å². The van der Waals surface area contributed by atoms with Crippen LogP contribution >= 0.6 is 0 Å². The number of hydrogen-bond acceptors (Lipinski definition) is 3. The molecule has 0 heterocycles. The highest BCUT2D eigenvalue weighted by Crippen LogP contribution is 2.09. The second-order valence-corrected chi connectivity index (χ2v) is 5.61. The third-order valence-electron chi connectivity index (χ3n) is 2.64.